The molecule has 33 heavy (non-hydrogen) atoms. The molecular weight excluding hydrogens is 421 g/mol. The number of nitrogens with zero attached hydrogens (tertiary/aromatic N) is 5. The predicted octanol–water partition coefficient (Wildman–Crippen LogP) is 3.17. The zero-order valence-electron chi connectivity index (χ0n) is 18.4. The van der Waals surface area contributed by atoms with Crippen LogP contribution >= 0.6 is 0 Å². The molecule has 0 amide bonds. The van der Waals surface area contributed by atoms with Gasteiger partial charge in [0, 0.05) is 49.4 Å². The van der Waals surface area contributed by atoms with Crippen LogP contribution in [0.1, 0.15) is 10.4 Å². The Bertz CT molecular complexity index is 1240. The SMILES string of the molecule is CNc1cc2nc(-c3cncc(N4CC(NC)C4)n3)ccc2cn1.O=Cc1ccc(F)cc1. The number of aldehydes is 1. The van der Waals surface area contributed by atoms with Gasteiger partial charge in [-0.2, -0.15) is 0 Å². The van der Waals surface area contributed by atoms with Crippen LogP contribution < -0.4 is 15.5 Å². The van der Waals surface area contributed by atoms with Crippen LogP contribution in [0.25, 0.3) is 22.3 Å². The summed E-state index contributed by atoms with van der Waals surface area (Å²) in [5, 5.41) is 7.30. The van der Waals surface area contributed by atoms with E-state index in [0.29, 0.717) is 17.9 Å². The standard InChI is InChI=1S/C17H19N7.C7H5FO/c1-18-12-9-24(10-12)17-8-20-7-15(23-17)13-4-3-11-6-21-16(19-2)5-14(11)22-13;8-7-3-1-6(5-9)2-4-7/h3-8,12,18H,9-10H2,1-2H3,(H,19,21);1-5H. The largest absolute Gasteiger partial charge is 0.373 e. The molecule has 0 unspecified atom stereocenters. The summed E-state index contributed by atoms with van der Waals surface area (Å²) in [6, 6.07) is 11.8. The van der Waals surface area contributed by atoms with Gasteiger partial charge in [-0.05, 0) is 43.4 Å². The van der Waals surface area contributed by atoms with Gasteiger partial charge < -0.3 is 15.5 Å². The maximum atomic E-state index is 12.1. The molecule has 0 spiro atoms. The number of benzene rings is 1. The smallest absolute Gasteiger partial charge is 0.150 e. The van der Waals surface area contributed by atoms with E-state index < -0.39 is 0 Å². The fourth-order valence-electron chi connectivity index (χ4n) is 3.32. The first-order valence-corrected chi connectivity index (χ1v) is 10.5. The zero-order valence-corrected chi connectivity index (χ0v) is 18.4. The van der Waals surface area contributed by atoms with E-state index in [1.807, 2.05) is 38.5 Å². The van der Waals surface area contributed by atoms with Crippen LogP contribution in [-0.4, -0.2) is 59.4 Å². The topological polar surface area (TPSA) is 95.9 Å². The van der Waals surface area contributed by atoms with Crippen molar-refractivity contribution in [3.8, 4) is 11.4 Å². The van der Waals surface area contributed by atoms with Crippen molar-refractivity contribution in [3.05, 3.63) is 72.4 Å². The number of anilines is 2. The number of pyridine rings is 2. The summed E-state index contributed by atoms with van der Waals surface area (Å²) in [4.78, 5) is 30.3. The second kappa shape index (κ2) is 10.1. The first-order valence-electron chi connectivity index (χ1n) is 10.5. The van der Waals surface area contributed by atoms with Gasteiger partial charge in [0.15, 0.2) is 0 Å². The Morgan fingerprint density at radius 3 is 2.48 bits per heavy atom. The molecule has 8 nitrogen and oxygen atoms in total. The molecule has 0 atom stereocenters. The average Bonchev–Trinajstić information content (AvgIpc) is 2.84. The molecule has 1 aromatic carbocycles. The number of aromatic nitrogens is 4. The Morgan fingerprint density at radius 1 is 1.00 bits per heavy atom. The van der Waals surface area contributed by atoms with Crippen molar-refractivity contribution in [2.24, 2.45) is 0 Å². The van der Waals surface area contributed by atoms with Crippen molar-refractivity contribution in [2.75, 3.05) is 37.4 Å². The van der Waals surface area contributed by atoms with Crippen molar-refractivity contribution >= 4 is 28.8 Å². The number of likely N-dealkylation sites (N-methyl/N-ethyl adjacent to an activating group) is 1. The van der Waals surface area contributed by atoms with Gasteiger partial charge in [0.25, 0.3) is 0 Å². The second-order valence-corrected chi connectivity index (χ2v) is 7.53. The van der Waals surface area contributed by atoms with E-state index in [4.69, 9.17) is 9.97 Å². The van der Waals surface area contributed by atoms with Gasteiger partial charge in [0.05, 0.1) is 23.6 Å². The molecular formula is C24H24FN7O. The van der Waals surface area contributed by atoms with E-state index in [9.17, 15) is 9.18 Å². The zero-order chi connectivity index (χ0) is 23.2. The first-order chi connectivity index (χ1) is 16.1. The Labute approximate surface area is 190 Å². The molecule has 0 bridgehead atoms. The summed E-state index contributed by atoms with van der Waals surface area (Å²) >= 11 is 0. The van der Waals surface area contributed by atoms with E-state index >= 15 is 0 Å². The lowest BCUT2D eigenvalue weighted by Gasteiger charge is -2.39. The molecule has 3 aromatic heterocycles. The third-order valence-corrected chi connectivity index (χ3v) is 5.33. The molecule has 0 aliphatic carbocycles. The molecule has 2 N–H and O–H groups in total. The van der Waals surface area contributed by atoms with E-state index in [1.165, 1.54) is 24.3 Å². The van der Waals surface area contributed by atoms with Crippen LogP contribution in [0.2, 0.25) is 0 Å². The number of carbonyl (C=O) groups excluding carboxylic acids is 1. The molecule has 0 saturated carbocycles. The maximum Gasteiger partial charge on any atom is 0.150 e. The van der Waals surface area contributed by atoms with Gasteiger partial charge in [0.2, 0.25) is 0 Å². The van der Waals surface area contributed by atoms with Crippen LogP contribution in [0.15, 0.2) is 61.1 Å². The molecule has 0 radical (unpaired) electrons. The van der Waals surface area contributed by atoms with Crippen molar-refractivity contribution < 1.29 is 9.18 Å². The number of halogens is 1. The Kier molecular flexibility index (Phi) is 6.80. The van der Waals surface area contributed by atoms with Crippen molar-refractivity contribution in [1.29, 1.82) is 0 Å². The van der Waals surface area contributed by atoms with Gasteiger partial charge in [-0.25, -0.2) is 19.3 Å². The van der Waals surface area contributed by atoms with Gasteiger partial charge in [0.1, 0.15) is 29.4 Å². The quantitative estimate of drug-likeness (QED) is 0.452. The van der Waals surface area contributed by atoms with Crippen molar-refractivity contribution in [1.82, 2.24) is 25.3 Å². The van der Waals surface area contributed by atoms with Crippen molar-refractivity contribution in [3.63, 3.8) is 0 Å². The van der Waals surface area contributed by atoms with Gasteiger partial charge >= 0.3 is 0 Å². The molecule has 1 saturated heterocycles. The minimum Gasteiger partial charge on any atom is -0.373 e. The van der Waals surface area contributed by atoms with Crippen LogP contribution in [-0.2, 0) is 0 Å². The van der Waals surface area contributed by atoms with Crippen LogP contribution in [0.5, 0.6) is 0 Å². The lowest BCUT2D eigenvalue weighted by molar-refractivity contribution is 0.112. The van der Waals surface area contributed by atoms with Crippen molar-refractivity contribution in [2.45, 2.75) is 6.04 Å². The molecule has 1 aliphatic rings. The lowest BCUT2D eigenvalue weighted by Crippen LogP contribution is -2.57. The third kappa shape index (κ3) is 5.27. The summed E-state index contributed by atoms with van der Waals surface area (Å²) in [5.41, 5.74) is 2.98. The molecule has 1 fully saturated rings. The number of hydrogen-bond acceptors (Lipinski definition) is 8. The van der Waals surface area contributed by atoms with Crippen LogP contribution in [0.4, 0.5) is 16.0 Å². The second-order valence-electron chi connectivity index (χ2n) is 7.53. The Balaban J connectivity index is 0.000000243. The van der Waals surface area contributed by atoms with E-state index in [2.05, 4.69) is 25.5 Å². The Hall–Kier alpha value is -3.98. The van der Waals surface area contributed by atoms with E-state index in [-0.39, 0.29) is 5.82 Å². The number of hydrogen-bond donors (Lipinski definition) is 2. The van der Waals surface area contributed by atoms with Crippen LogP contribution in [0, 0.1) is 5.82 Å². The lowest BCUT2D eigenvalue weighted by atomic mass is 10.1. The summed E-state index contributed by atoms with van der Waals surface area (Å²) < 4.78 is 12.1. The summed E-state index contributed by atoms with van der Waals surface area (Å²) in [6.07, 6.45) is 6.06. The monoisotopic (exact) mass is 445 g/mol. The highest BCUT2D eigenvalue weighted by Crippen LogP contribution is 2.23. The van der Waals surface area contributed by atoms with Gasteiger partial charge in [-0.1, -0.05) is 0 Å². The third-order valence-electron chi connectivity index (χ3n) is 5.33. The minimum atomic E-state index is -0.319. The minimum absolute atomic E-state index is 0.319. The molecule has 1 aliphatic heterocycles. The molecule has 9 heteroatoms. The first kappa shape index (κ1) is 22.2. The molecule has 4 heterocycles. The number of fused-ring (bicyclic) bond motifs is 1. The number of rotatable bonds is 5. The van der Waals surface area contributed by atoms with Gasteiger partial charge in [-0.3, -0.25) is 9.78 Å². The maximum absolute atomic E-state index is 12.1. The normalized spacial score (nSPS) is 13.1. The molecule has 5 rings (SSSR count). The van der Waals surface area contributed by atoms with E-state index in [0.717, 1.165) is 47.0 Å². The highest BCUT2D eigenvalue weighted by Gasteiger charge is 2.26. The van der Waals surface area contributed by atoms with Crippen LogP contribution in [0.3, 0.4) is 0 Å². The number of carbonyl (C=O) groups is 1. The van der Waals surface area contributed by atoms with Gasteiger partial charge in [-0.15, -0.1) is 0 Å². The summed E-state index contributed by atoms with van der Waals surface area (Å²) in [7, 11) is 3.83. The Morgan fingerprint density at radius 2 is 1.79 bits per heavy atom. The predicted molar refractivity (Wildman–Crippen MR) is 127 cm³/mol. The molecule has 168 valence electrons. The number of nitrogens with one attached hydrogen (secondary N) is 2. The highest BCUT2D eigenvalue weighted by molar-refractivity contribution is 5.82. The summed E-state index contributed by atoms with van der Waals surface area (Å²) in [6.45, 7) is 1.91. The van der Waals surface area contributed by atoms with E-state index in [1.54, 1.807) is 12.4 Å². The molecule has 4 aromatic rings. The fourth-order valence-corrected chi connectivity index (χ4v) is 3.32. The highest BCUT2D eigenvalue weighted by atomic mass is 19.1. The fraction of sp³-hybridized carbons (Fsp3) is 0.208. The average molecular weight is 446 g/mol. The summed E-state index contributed by atoms with van der Waals surface area (Å²) in [5.74, 6) is 1.37.